The van der Waals surface area contributed by atoms with Gasteiger partial charge in [0.15, 0.2) is 0 Å². The molecule has 24 heavy (non-hydrogen) atoms. The average Bonchev–Trinajstić information content (AvgIpc) is 2.55. The van der Waals surface area contributed by atoms with E-state index in [1.165, 1.54) is 23.1 Å². The molecule has 132 valence electrons. The van der Waals surface area contributed by atoms with E-state index < -0.39 is 10.9 Å². The van der Waals surface area contributed by atoms with E-state index in [9.17, 15) is 19.7 Å². The van der Waals surface area contributed by atoms with Crippen LogP contribution in [0.3, 0.4) is 0 Å². The van der Waals surface area contributed by atoms with Crippen LogP contribution in [0.2, 0.25) is 0 Å². The molecule has 0 aromatic heterocycles. The summed E-state index contributed by atoms with van der Waals surface area (Å²) in [5.41, 5.74) is 0.0437. The second kappa shape index (κ2) is 9.61. The number of hydrogen-bond donors (Lipinski definition) is 0. The fraction of sp³-hybridized carbons (Fsp3) is 0.500. The predicted octanol–water partition coefficient (Wildman–Crippen LogP) is 2.55. The van der Waals surface area contributed by atoms with E-state index in [-0.39, 0.29) is 42.6 Å². The summed E-state index contributed by atoms with van der Waals surface area (Å²) in [5.74, 6) is -1.01. The van der Waals surface area contributed by atoms with Crippen LogP contribution in [-0.4, -0.2) is 43.2 Å². The predicted molar refractivity (Wildman–Crippen MR) is 88.2 cm³/mol. The first kappa shape index (κ1) is 19.6. The average molecular weight is 338 g/mol. The van der Waals surface area contributed by atoms with Crippen molar-refractivity contribution in [2.75, 3.05) is 31.3 Å². The van der Waals surface area contributed by atoms with E-state index >= 15 is 0 Å². The summed E-state index contributed by atoms with van der Waals surface area (Å²) in [4.78, 5) is 36.2. The van der Waals surface area contributed by atoms with Gasteiger partial charge in [0.2, 0.25) is 0 Å². The number of rotatable bonds is 9. The molecule has 8 nitrogen and oxygen atoms in total. The van der Waals surface area contributed by atoms with Gasteiger partial charge in [-0.15, -0.1) is 0 Å². The third-order valence-electron chi connectivity index (χ3n) is 3.17. The molecule has 1 rings (SSSR count). The van der Waals surface area contributed by atoms with Crippen molar-refractivity contribution in [2.24, 2.45) is 0 Å². The van der Waals surface area contributed by atoms with Crippen molar-refractivity contribution in [3.8, 4) is 0 Å². The third-order valence-corrected chi connectivity index (χ3v) is 3.17. The number of benzene rings is 1. The van der Waals surface area contributed by atoms with E-state index in [2.05, 4.69) is 0 Å². The van der Waals surface area contributed by atoms with Crippen LogP contribution in [0.1, 0.15) is 37.6 Å². The minimum Gasteiger partial charge on any atom is -0.462 e. The van der Waals surface area contributed by atoms with Crippen molar-refractivity contribution in [2.45, 2.75) is 27.2 Å². The Morgan fingerprint density at radius 1 is 1.25 bits per heavy atom. The standard InChI is InChI=1S/C16H22N2O6/c1-4-9-23-11-15(19)17(5-2)14-10-12(18(21)22)7-8-13(14)16(20)24-6-3/h7-8,10H,4-6,9,11H2,1-3H3. The fourth-order valence-electron chi connectivity index (χ4n) is 2.10. The van der Waals surface area contributed by atoms with Crippen LogP contribution in [0.25, 0.3) is 0 Å². The van der Waals surface area contributed by atoms with Gasteiger partial charge in [-0.2, -0.15) is 0 Å². The topological polar surface area (TPSA) is 99.0 Å². The lowest BCUT2D eigenvalue weighted by atomic mass is 10.1. The number of carbonyl (C=O) groups is 2. The number of nitro groups is 1. The molecule has 0 bridgehead atoms. The molecule has 0 fully saturated rings. The number of carbonyl (C=O) groups excluding carboxylic acids is 2. The Kier molecular flexibility index (Phi) is 7.84. The van der Waals surface area contributed by atoms with Crippen molar-refractivity contribution in [1.29, 1.82) is 0 Å². The van der Waals surface area contributed by atoms with Crippen LogP contribution in [-0.2, 0) is 14.3 Å². The Bertz CT molecular complexity index is 602. The quantitative estimate of drug-likeness (QED) is 0.297. The normalized spacial score (nSPS) is 10.3. The highest BCUT2D eigenvalue weighted by Gasteiger charge is 2.24. The van der Waals surface area contributed by atoms with Gasteiger partial charge in [0.05, 0.1) is 22.8 Å². The van der Waals surface area contributed by atoms with E-state index in [1.54, 1.807) is 13.8 Å². The molecule has 0 aliphatic carbocycles. The van der Waals surface area contributed by atoms with Gasteiger partial charge >= 0.3 is 5.97 Å². The number of nitrogens with zero attached hydrogens (tertiary/aromatic N) is 2. The van der Waals surface area contributed by atoms with Crippen LogP contribution in [0.4, 0.5) is 11.4 Å². The molecule has 0 aliphatic heterocycles. The number of ether oxygens (including phenoxy) is 2. The Morgan fingerprint density at radius 2 is 1.96 bits per heavy atom. The summed E-state index contributed by atoms with van der Waals surface area (Å²) in [6, 6.07) is 3.71. The largest absolute Gasteiger partial charge is 0.462 e. The maximum atomic E-state index is 12.3. The Balaban J connectivity index is 3.22. The number of amides is 1. The fourth-order valence-corrected chi connectivity index (χ4v) is 2.10. The highest BCUT2D eigenvalue weighted by Crippen LogP contribution is 2.27. The summed E-state index contributed by atoms with van der Waals surface area (Å²) in [6.07, 6.45) is 0.768. The summed E-state index contributed by atoms with van der Waals surface area (Å²) in [6.45, 7) is 5.96. The lowest BCUT2D eigenvalue weighted by Crippen LogP contribution is -2.35. The Morgan fingerprint density at radius 3 is 2.50 bits per heavy atom. The van der Waals surface area contributed by atoms with Gasteiger partial charge in [-0.25, -0.2) is 4.79 Å². The number of nitro benzene ring substituents is 1. The van der Waals surface area contributed by atoms with Gasteiger partial charge in [0.25, 0.3) is 11.6 Å². The summed E-state index contributed by atoms with van der Waals surface area (Å²) in [7, 11) is 0. The first-order valence-electron chi connectivity index (χ1n) is 7.79. The van der Waals surface area contributed by atoms with Crippen LogP contribution in [0.5, 0.6) is 0 Å². The van der Waals surface area contributed by atoms with Crippen molar-refractivity contribution in [3.63, 3.8) is 0 Å². The SMILES string of the molecule is CCCOCC(=O)N(CC)c1cc([N+](=O)[O-])ccc1C(=O)OCC. The van der Waals surface area contributed by atoms with E-state index in [0.29, 0.717) is 6.61 Å². The lowest BCUT2D eigenvalue weighted by molar-refractivity contribution is -0.384. The maximum Gasteiger partial charge on any atom is 0.340 e. The molecule has 0 radical (unpaired) electrons. The Hall–Kier alpha value is -2.48. The molecular weight excluding hydrogens is 316 g/mol. The molecular formula is C16H22N2O6. The molecule has 0 spiro atoms. The molecule has 0 saturated carbocycles. The zero-order valence-corrected chi connectivity index (χ0v) is 14.1. The van der Waals surface area contributed by atoms with Crippen LogP contribution < -0.4 is 4.90 Å². The van der Waals surface area contributed by atoms with E-state index in [4.69, 9.17) is 9.47 Å². The minimum absolute atomic E-state index is 0.105. The van der Waals surface area contributed by atoms with Gasteiger partial charge in [-0.3, -0.25) is 14.9 Å². The number of likely N-dealkylation sites (N-methyl/N-ethyl adjacent to an activating group) is 1. The summed E-state index contributed by atoms with van der Waals surface area (Å²) < 4.78 is 10.2. The summed E-state index contributed by atoms with van der Waals surface area (Å²) in [5, 5.41) is 11.0. The van der Waals surface area contributed by atoms with Gasteiger partial charge in [0, 0.05) is 25.3 Å². The van der Waals surface area contributed by atoms with Crippen LogP contribution in [0, 0.1) is 10.1 Å². The second-order valence-electron chi connectivity index (χ2n) is 4.87. The molecule has 0 heterocycles. The monoisotopic (exact) mass is 338 g/mol. The van der Waals surface area contributed by atoms with Crippen molar-refractivity contribution in [1.82, 2.24) is 0 Å². The third kappa shape index (κ3) is 5.02. The molecule has 0 N–H and O–H groups in total. The molecule has 8 heteroatoms. The van der Waals surface area contributed by atoms with Crippen molar-refractivity contribution < 1.29 is 24.0 Å². The van der Waals surface area contributed by atoms with Crippen molar-refractivity contribution >= 4 is 23.3 Å². The molecule has 0 atom stereocenters. The molecule has 0 unspecified atom stereocenters. The summed E-state index contributed by atoms with van der Waals surface area (Å²) >= 11 is 0. The van der Waals surface area contributed by atoms with Gasteiger partial charge in [-0.1, -0.05) is 6.92 Å². The minimum atomic E-state index is -0.636. The van der Waals surface area contributed by atoms with Gasteiger partial charge in [-0.05, 0) is 26.3 Å². The maximum absolute atomic E-state index is 12.3. The molecule has 1 amide bonds. The first-order valence-corrected chi connectivity index (χ1v) is 7.79. The number of non-ortho nitro benzene ring substituents is 1. The molecule has 0 saturated heterocycles. The highest BCUT2D eigenvalue weighted by atomic mass is 16.6. The van der Waals surface area contributed by atoms with Crippen LogP contribution >= 0.6 is 0 Å². The number of anilines is 1. The smallest absolute Gasteiger partial charge is 0.340 e. The number of hydrogen-bond acceptors (Lipinski definition) is 6. The van der Waals surface area contributed by atoms with Gasteiger partial charge in [0.1, 0.15) is 6.61 Å². The van der Waals surface area contributed by atoms with E-state index in [1.807, 2.05) is 6.92 Å². The van der Waals surface area contributed by atoms with Crippen LogP contribution in [0.15, 0.2) is 18.2 Å². The lowest BCUT2D eigenvalue weighted by Gasteiger charge is -2.23. The molecule has 1 aromatic carbocycles. The zero-order valence-electron chi connectivity index (χ0n) is 14.1. The van der Waals surface area contributed by atoms with Gasteiger partial charge < -0.3 is 14.4 Å². The zero-order chi connectivity index (χ0) is 18.1. The van der Waals surface area contributed by atoms with E-state index in [0.717, 1.165) is 6.42 Å². The molecule has 0 aliphatic rings. The molecule has 1 aromatic rings. The second-order valence-corrected chi connectivity index (χ2v) is 4.87. The van der Waals surface area contributed by atoms with Crippen molar-refractivity contribution in [3.05, 3.63) is 33.9 Å². The Labute approximate surface area is 140 Å². The first-order chi connectivity index (χ1) is 11.5. The highest BCUT2D eigenvalue weighted by molar-refractivity contribution is 6.03. The number of esters is 1.